The van der Waals surface area contributed by atoms with Gasteiger partial charge in [0.15, 0.2) is 0 Å². The Bertz CT molecular complexity index is 362. The summed E-state index contributed by atoms with van der Waals surface area (Å²) in [6.07, 6.45) is 3.46. The van der Waals surface area contributed by atoms with Gasteiger partial charge in [-0.2, -0.15) is 0 Å². The van der Waals surface area contributed by atoms with Crippen LogP contribution >= 0.6 is 21.8 Å². The first-order chi connectivity index (χ1) is 7.41. The maximum Gasteiger partial charge on any atom is 0.146 e. The van der Waals surface area contributed by atoms with Crippen LogP contribution in [0.4, 0.5) is 0 Å². The van der Waals surface area contributed by atoms with E-state index < -0.39 is 0 Å². The SMILES string of the molecule is C=CN=C1C(C=C)=C(C(C)(C)C)SSN1C. The maximum absolute atomic E-state index is 4.32. The van der Waals surface area contributed by atoms with E-state index >= 15 is 0 Å². The highest BCUT2D eigenvalue weighted by Gasteiger charge is 2.29. The predicted molar refractivity (Wildman–Crippen MR) is 77.3 cm³/mol. The van der Waals surface area contributed by atoms with Gasteiger partial charge in [-0.25, -0.2) is 4.99 Å². The van der Waals surface area contributed by atoms with E-state index in [1.165, 1.54) is 4.91 Å². The number of aliphatic imine (C=N–C) groups is 1. The van der Waals surface area contributed by atoms with E-state index in [0.717, 1.165) is 11.4 Å². The third-order valence-corrected chi connectivity index (χ3v) is 4.98. The summed E-state index contributed by atoms with van der Waals surface area (Å²) in [6.45, 7) is 14.2. The fourth-order valence-electron chi connectivity index (χ4n) is 1.39. The Morgan fingerprint density at radius 1 is 1.31 bits per heavy atom. The van der Waals surface area contributed by atoms with Gasteiger partial charge >= 0.3 is 0 Å². The predicted octanol–water partition coefficient (Wildman–Crippen LogP) is 4.26. The molecule has 1 heterocycles. The van der Waals surface area contributed by atoms with Gasteiger partial charge in [0.05, 0.1) is 0 Å². The van der Waals surface area contributed by atoms with Crippen molar-refractivity contribution in [2.45, 2.75) is 20.8 Å². The van der Waals surface area contributed by atoms with Gasteiger partial charge in [-0.15, -0.1) is 0 Å². The molecule has 0 aromatic carbocycles. The summed E-state index contributed by atoms with van der Waals surface area (Å²) < 4.78 is 2.04. The molecule has 0 unspecified atom stereocenters. The molecular weight excluding hydrogens is 236 g/mol. The molecule has 2 nitrogen and oxygen atoms in total. The number of likely N-dealkylation sites (N-methyl/N-ethyl adjacent to an activating group) is 1. The van der Waals surface area contributed by atoms with Gasteiger partial charge in [-0.05, 0) is 16.2 Å². The molecule has 0 saturated heterocycles. The van der Waals surface area contributed by atoms with Crippen LogP contribution in [0.5, 0.6) is 0 Å². The van der Waals surface area contributed by atoms with Crippen molar-refractivity contribution in [2.24, 2.45) is 10.4 Å². The van der Waals surface area contributed by atoms with Crippen molar-refractivity contribution in [1.29, 1.82) is 0 Å². The average Bonchev–Trinajstić information content (AvgIpc) is 2.19. The molecule has 0 N–H and O–H groups in total. The Morgan fingerprint density at radius 3 is 2.38 bits per heavy atom. The fourth-order valence-corrected chi connectivity index (χ4v) is 4.10. The van der Waals surface area contributed by atoms with Crippen LogP contribution in [0.2, 0.25) is 0 Å². The molecule has 0 amide bonds. The van der Waals surface area contributed by atoms with Crippen LogP contribution in [0.15, 0.2) is 40.9 Å². The fraction of sp³-hybridized carbons (Fsp3) is 0.417. The molecule has 1 aliphatic rings. The minimum atomic E-state index is 0.115. The summed E-state index contributed by atoms with van der Waals surface area (Å²) in [4.78, 5) is 5.64. The van der Waals surface area contributed by atoms with Gasteiger partial charge in [0, 0.05) is 34.7 Å². The summed E-state index contributed by atoms with van der Waals surface area (Å²) in [5.41, 5.74) is 1.23. The van der Waals surface area contributed by atoms with Gasteiger partial charge in [0.25, 0.3) is 0 Å². The molecule has 1 aliphatic heterocycles. The summed E-state index contributed by atoms with van der Waals surface area (Å²) in [7, 11) is 5.47. The van der Waals surface area contributed by atoms with Crippen LogP contribution in [-0.2, 0) is 0 Å². The van der Waals surface area contributed by atoms with Crippen molar-refractivity contribution in [3.05, 3.63) is 35.9 Å². The standard InChI is InChI=1S/C12H18N2S2/c1-7-9-10(12(3,4)5)15-16-14(6)11(9)13-8-2/h7-8H,1-2H2,3-6H3. The topological polar surface area (TPSA) is 15.6 Å². The molecule has 16 heavy (non-hydrogen) atoms. The van der Waals surface area contributed by atoms with Crippen LogP contribution in [0.1, 0.15) is 20.8 Å². The lowest BCUT2D eigenvalue weighted by atomic mass is 9.92. The van der Waals surface area contributed by atoms with Gasteiger partial charge in [0.1, 0.15) is 5.84 Å². The van der Waals surface area contributed by atoms with Crippen LogP contribution in [0.25, 0.3) is 0 Å². The zero-order valence-electron chi connectivity index (χ0n) is 10.3. The lowest BCUT2D eigenvalue weighted by Crippen LogP contribution is -2.26. The molecule has 0 radical (unpaired) electrons. The molecule has 0 spiro atoms. The highest BCUT2D eigenvalue weighted by molar-refractivity contribution is 8.77. The monoisotopic (exact) mass is 254 g/mol. The first kappa shape index (κ1) is 13.5. The second kappa shape index (κ2) is 5.15. The van der Waals surface area contributed by atoms with Crippen molar-refractivity contribution in [3.63, 3.8) is 0 Å². The van der Waals surface area contributed by atoms with E-state index in [2.05, 4.69) is 38.9 Å². The van der Waals surface area contributed by atoms with Crippen molar-refractivity contribution in [2.75, 3.05) is 7.05 Å². The van der Waals surface area contributed by atoms with E-state index in [4.69, 9.17) is 0 Å². The first-order valence-electron chi connectivity index (χ1n) is 5.06. The van der Waals surface area contributed by atoms with Gasteiger partial charge in [0.2, 0.25) is 0 Å². The first-order valence-corrected chi connectivity index (χ1v) is 7.17. The third-order valence-electron chi connectivity index (χ3n) is 2.12. The van der Waals surface area contributed by atoms with Gasteiger partial charge in [-0.3, -0.25) is 4.31 Å². The Kier molecular flexibility index (Phi) is 4.33. The number of amidine groups is 1. The van der Waals surface area contributed by atoms with Crippen LogP contribution < -0.4 is 0 Å². The lowest BCUT2D eigenvalue weighted by molar-refractivity contribution is 0.531. The van der Waals surface area contributed by atoms with E-state index in [0.29, 0.717) is 0 Å². The minimum absolute atomic E-state index is 0.115. The van der Waals surface area contributed by atoms with E-state index in [9.17, 15) is 0 Å². The Hall–Kier alpha value is -0.610. The molecule has 0 aromatic rings. The lowest BCUT2D eigenvalue weighted by Gasteiger charge is -2.33. The number of allylic oxidation sites excluding steroid dienone is 1. The highest BCUT2D eigenvalue weighted by Crippen LogP contribution is 2.48. The van der Waals surface area contributed by atoms with Crippen molar-refractivity contribution in [3.8, 4) is 0 Å². The smallest absolute Gasteiger partial charge is 0.146 e. The molecule has 0 saturated carbocycles. The van der Waals surface area contributed by atoms with E-state index in [1.807, 2.05) is 17.4 Å². The quantitative estimate of drug-likeness (QED) is 0.541. The molecule has 0 bridgehead atoms. The largest absolute Gasteiger partial charge is 0.294 e. The second-order valence-corrected chi connectivity index (χ2v) is 6.71. The molecule has 0 atom stereocenters. The van der Waals surface area contributed by atoms with Crippen molar-refractivity contribution in [1.82, 2.24) is 4.31 Å². The normalized spacial score (nSPS) is 20.2. The molecular formula is C12H18N2S2. The van der Waals surface area contributed by atoms with Gasteiger partial charge < -0.3 is 0 Å². The van der Waals surface area contributed by atoms with Gasteiger partial charge in [-0.1, -0.05) is 40.0 Å². The van der Waals surface area contributed by atoms with E-state index in [-0.39, 0.29) is 5.41 Å². The zero-order valence-corrected chi connectivity index (χ0v) is 11.9. The number of hydrogen-bond donors (Lipinski definition) is 0. The molecule has 0 aromatic heterocycles. The molecule has 88 valence electrons. The van der Waals surface area contributed by atoms with Crippen LogP contribution in [0.3, 0.4) is 0 Å². The Balaban J connectivity index is 3.33. The Labute approximate surface area is 106 Å². The maximum atomic E-state index is 4.32. The Morgan fingerprint density at radius 2 is 1.94 bits per heavy atom. The van der Waals surface area contributed by atoms with Crippen LogP contribution in [-0.4, -0.2) is 17.2 Å². The second-order valence-electron chi connectivity index (χ2n) is 4.49. The van der Waals surface area contributed by atoms with E-state index in [1.54, 1.807) is 28.0 Å². The van der Waals surface area contributed by atoms with Crippen molar-refractivity contribution < 1.29 is 0 Å². The third kappa shape index (κ3) is 2.74. The zero-order chi connectivity index (χ0) is 12.3. The molecule has 4 heteroatoms. The number of nitrogens with zero attached hydrogens (tertiary/aromatic N) is 2. The highest BCUT2D eigenvalue weighted by atomic mass is 33.1. The molecule has 0 aliphatic carbocycles. The summed E-state index contributed by atoms with van der Waals surface area (Å²) in [6, 6.07) is 0. The minimum Gasteiger partial charge on any atom is -0.294 e. The number of hydrogen-bond acceptors (Lipinski definition) is 3. The summed E-state index contributed by atoms with van der Waals surface area (Å²) >= 11 is 0. The van der Waals surface area contributed by atoms with Crippen LogP contribution in [0, 0.1) is 5.41 Å². The van der Waals surface area contributed by atoms with Crippen molar-refractivity contribution >= 4 is 27.6 Å². The molecule has 1 rings (SSSR count). The summed E-state index contributed by atoms with van der Waals surface area (Å²) in [5.74, 6) is 0.929. The number of rotatable bonds is 2. The molecule has 0 fully saturated rings. The summed E-state index contributed by atoms with van der Waals surface area (Å²) in [5, 5.41) is 0. The average molecular weight is 254 g/mol.